The van der Waals surface area contributed by atoms with E-state index in [4.69, 9.17) is 4.42 Å². The normalized spacial score (nSPS) is 11.4. The molecule has 6 heteroatoms. The lowest BCUT2D eigenvalue weighted by Crippen LogP contribution is -2.38. The maximum Gasteiger partial charge on any atom is 0.268 e. The lowest BCUT2D eigenvalue weighted by Gasteiger charge is -2.12. The predicted octanol–water partition coefficient (Wildman–Crippen LogP) is 5.00. The predicted molar refractivity (Wildman–Crippen MR) is 117 cm³/mol. The summed E-state index contributed by atoms with van der Waals surface area (Å²) in [4.78, 5) is 25.1. The van der Waals surface area contributed by atoms with Crippen LogP contribution in [0.1, 0.15) is 30.0 Å². The maximum absolute atomic E-state index is 12.6. The van der Waals surface area contributed by atoms with Gasteiger partial charge >= 0.3 is 0 Å². The van der Waals surface area contributed by atoms with Crippen molar-refractivity contribution in [2.24, 2.45) is 0 Å². The van der Waals surface area contributed by atoms with E-state index in [0.29, 0.717) is 17.1 Å². The van der Waals surface area contributed by atoms with Crippen molar-refractivity contribution in [2.45, 2.75) is 19.9 Å². The third-order valence-electron chi connectivity index (χ3n) is 3.99. The van der Waals surface area contributed by atoms with Crippen LogP contribution in [-0.4, -0.2) is 17.9 Å². The minimum Gasteiger partial charge on any atom is -0.457 e. The van der Waals surface area contributed by atoms with E-state index >= 15 is 0 Å². The average Bonchev–Trinajstić information content (AvgIpc) is 3.16. The van der Waals surface area contributed by atoms with E-state index in [9.17, 15) is 9.59 Å². The van der Waals surface area contributed by atoms with Gasteiger partial charge in [0.1, 0.15) is 17.2 Å². The van der Waals surface area contributed by atoms with Crippen LogP contribution in [-0.2, 0) is 4.79 Å². The molecule has 0 aliphatic heterocycles. The molecule has 0 radical (unpaired) electrons. The highest BCUT2D eigenvalue weighted by Crippen LogP contribution is 2.25. The molecule has 0 atom stereocenters. The molecule has 1 heterocycles. The number of rotatable bonds is 6. The summed E-state index contributed by atoms with van der Waals surface area (Å²) in [6.45, 7) is 3.71. The van der Waals surface area contributed by atoms with Crippen molar-refractivity contribution in [1.82, 2.24) is 10.6 Å². The molecule has 0 spiro atoms. The quantitative estimate of drug-likeness (QED) is 0.516. The van der Waals surface area contributed by atoms with Gasteiger partial charge < -0.3 is 15.1 Å². The Bertz CT molecular complexity index is 1020. The van der Waals surface area contributed by atoms with Crippen molar-refractivity contribution in [3.63, 3.8) is 0 Å². The highest BCUT2D eigenvalue weighted by Gasteiger charge is 2.16. The van der Waals surface area contributed by atoms with E-state index in [2.05, 4.69) is 26.6 Å². The van der Waals surface area contributed by atoms with E-state index in [1.54, 1.807) is 30.3 Å². The van der Waals surface area contributed by atoms with Gasteiger partial charge in [-0.1, -0.05) is 46.3 Å². The van der Waals surface area contributed by atoms with Crippen LogP contribution < -0.4 is 10.6 Å². The van der Waals surface area contributed by atoms with Gasteiger partial charge in [-0.3, -0.25) is 9.59 Å². The largest absolute Gasteiger partial charge is 0.457 e. The first-order chi connectivity index (χ1) is 13.9. The summed E-state index contributed by atoms with van der Waals surface area (Å²) in [6, 6.07) is 20.0. The molecule has 0 fully saturated rings. The SMILES string of the molecule is CC(C)NC(=O)C(=Cc1ccc(-c2ccc(Br)cc2)o1)NC(=O)c1ccccc1. The summed E-state index contributed by atoms with van der Waals surface area (Å²) in [5, 5.41) is 5.48. The number of amides is 2. The van der Waals surface area contributed by atoms with Crippen molar-refractivity contribution in [3.8, 4) is 11.3 Å². The Morgan fingerprint density at radius 3 is 2.31 bits per heavy atom. The molecule has 0 aliphatic carbocycles. The topological polar surface area (TPSA) is 71.3 Å². The summed E-state index contributed by atoms with van der Waals surface area (Å²) < 4.78 is 6.84. The molecule has 2 amide bonds. The number of carbonyl (C=O) groups is 2. The molecule has 3 aromatic rings. The summed E-state index contributed by atoms with van der Waals surface area (Å²) in [5.41, 5.74) is 1.49. The van der Waals surface area contributed by atoms with Gasteiger partial charge in [-0.15, -0.1) is 0 Å². The van der Waals surface area contributed by atoms with Crippen molar-refractivity contribution in [1.29, 1.82) is 0 Å². The van der Waals surface area contributed by atoms with Crippen molar-refractivity contribution < 1.29 is 14.0 Å². The second kappa shape index (κ2) is 9.39. The third-order valence-corrected chi connectivity index (χ3v) is 4.52. The van der Waals surface area contributed by atoms with Crippen LogP contribution in [0.2, 0.25) is 0 Å². The highest BCUT2D eigenvalue weighted by atomic mass is 79.9. The zero-order valence-corrected chi connectivity index (χ0v) is 17.7. The van der Waals surface area contributed by atoms with Gasteiger partial charge in [0.05, 0.1) is 0 Å². The van der Waals surface area contributed by atoms with Gasteiger partial charge in [0.15, 0.2) is 0 Å². The summed E-state index contributed by atoms with van der Waals surface area (Å²) in [6.07, 6.45) is 1.53. The lowest BCUT2D eigenvalue weighted by atomic mass is 10.2. The molecule has 0 bridgehead atoms. The molecule has 148 valence electrons. The van der Waals surface area contributed by atoms with Gasteiger partial charge in [0.25, 0.3) is 11.8 Å². The van der Waals surface area contributed by atoms with Gasteiger partial charge in [0, 0.05) is 27.7 Å². The first kappa shape index (κ1) is 20.6. The Labute approximate surface area is 177 Å². The van der Waals surface area contributed by atoms with Crippen molar-refractivity contribution in [3.05, 3.63) is 88.2 Å². The van der Waals surface area contributed by atoms with Gasteiger partial charge in [-0.05, 0) is 50.2 Å². The zero-order valence-electron chi connectivity index (χ0n) is 16.1. The lowest BCUT2D eigenvalue weighted by molar-refractivity contribution is -0.118. The van der Waals surface area contributed by atoms with Crippen LogP contribution in [0.15, 0.2) is 81.3 Å². The summed E-state index contributed by atoms with van der Waals surface area (Å²) in [7, 11) is 0. The van der Waals surface area contributed by atoms with E-state index in [-0.39, 0.29) is 23.6 Å². The molecule has 0 saturated carbocycles. The number of carbonyl (C=O) groups excluding carboxylic acids is 2. The Kier molecular flexibility index (Phi) is 6.67. The van der Waals surface area contributed by atoms with Crippen LogP contribution in [0.3, 0.4) is 0 Å². The average molecular weight is 453 g/mol. The minimum atomic E-state index is -0.383. The molecular weight excluding hydrogens is 432 g/mol. The van der Waals surface area contributed by atoms with Crippen LogP contribution in [0.25, 0.3) is 17.4 Å². The van der Waals surface area contributed by atoms with E-state index in [1.807, 2.05) is 50.2 Å². The fourth-order valence-electron chi connectivity index (χ4n) is 2.62. The first-order valence-electron chi connectivity index (χ1n) is 9.17. The maximum atomic E-state index is 12.6. The van der Waals surface area contributed by atoms with Crippen molar-refractivity contribution >= 4 is 33.8 Å². The molecular formula is C23H21BrN2O3. The second-order valence-electron chi connectivity index (χ2n) is 6.72. The molecule has 29 heavy (non-hydrogen) atoms. The fourth-order valence-corrected chi connectivity index (χ4v) is 2.89. The second-order valence-corrected chi connectivity index (χ2v) is 7.63. The Balaban J connectivity index is 1.87. The van der Waals surface area contributed by atoms with Crippen LogP contribution in [0, 0.1) is 0 Å². The van der Waals surface area contributed by atoms with Gasteiger partial charge in [0.2, 0.25) is 0 Å². The number of nitrogens with one attached hydrogen (secondary N) is 2. The molecule has 2 aromatic carbocycles. The number of hydrogen-bond donors (Lipinski definition) is 2. The molecule has 5 nitrogen and oxygen atoms in total. The van der Waals surface area contributed by atoms with E-state index in [1.165, 1.54) is 6.08 Å². The highest BCUT2D eigenvalue weighted by molar-refractivity contribution is 9.10. The van der Waals surface area contributed by atoms with Gasteiger partial charge in [-0.25, -0.2) is 0 Å². The summed E-state index contributed by atoms with van der Waals surface area (Å²) >= 11 is 3.41. The molecule has 0 aliphatic rings. The monoisotopic (exact) mass is 452 g/mol. The minimum absolute atomic E-state index is 0.0746. The number of benzene rings is 2. The van der Waals surface area contributed by atoms with E-state index < -0.39 is 0 Å². The Morgan fingerprint density at radius 2 is 1.66 bits per heavy atom. The Hall–Kier alpha value is -3.12. The molecule has 1 aromatic heterocycles. The summed E-state index contributed by atoms with van der Waals surface area (Å²) in [5.74, 6) is 0.383. The Morgan fingerprint density at radius 1 is 0.966 bits per heavy atom. The molecule has 0 saturated heterocycles. The zero-order chi connectivity index (χ0) is 20.8. The first-order valence-corrected chi connectivity index (χ1v) is 9.96. The van der Waals surface area contributed by atoms with E-state index in [0.717, 1.165) is 10.0 Å². The van der Waals surface area contributed by atoms with Crippen LogP contribution in [0.5, 0.6) is 0 Å². The fraction of sp³-hybridized carbons (Fsp3) is 0.130. The van der Waals surface area contributed by atoms with Crippen molar-refractivity contribution in [2.75, 3.05) is 0 Å². The standard InChI is InChI=1S/C23H21BrN2O3/c1-15(2)25-23(28)20(26-22(27)17-6-4-3-5-7-17)14-19-12-13-21(29-19)16-8-10-18(24)11-9-16/h3-15H,1-2H3,(H,25,28)(H,26,27). The van der Waals surface area contributed by atoms with Crippen LogP contribution in [0.4, 0.5) is 0 Å². The van der Waals surface area contributed by atoms with Gasteiger partial charge in [-0.2, -0.15) is 0 Å². The third kappa shape index (κ3) is 5.68. The number of hydrogen-bond acceptors (Lipinski definition) is 3. The van der Waals surface area contributed by atoms with Crippen LogP contribution >= 0.6 is 15.9 Å². The number of halogens is 1. The molecule has 3 rings (SSSR count). The molecule has 2 N–H and O–H groups in total. The molecule has 0 unspecified atom stereocenters. The number of furan rings is 1. The smallest absolute Gasteiger partial charge is 0.268 e.